The number of thiophene rings is 2. The monoisotopic (exact) mass is 321 g/mol. The van der Waals surface area contributed by atoms with E-state index in [0.29, 0.717) is 0 Å². The quantitative estimate of drug-likeness (QED) is 0.449. The molecule has 0 radical (unpaired) electrons. The first-order chi connectivity index (χ1) is 10.9. The predicted octanol–water partition coefficient (Wildman–Crippen LogP) is 4.09. The van der Waals surface area contributed by atoms with E-state index >= 15 is 0 Å². The summed E-state index contributed by atoms with van der Waals surface area (Å²) >= 11 is 3.50. The molecule has 5 rings (SSSR count). The second kappa shape index (κ2) is 4.56. The first kappa shape index (κ1) is 12.2. The zero-order valence-electron chi connectivity index (χ0n) is 11.5. The molecule has 106 valence electrons. The van der Waals surface area contributed by atoms with Gasteiger partial charge < -0.3 is 0 Å². The van der Waals surface area contributed by atoms with E-state index in [0.717, 1.165) is 16.7 Å². The number of rotatable bonds is 2. The van der Waals surface area contributed by atoms with Crippen molar-refractivity contribution in [1.82, 2.24) is 9.61 Å². The molecule has 0 aliphatic rings. The van der Waals surface area contributed by atoms with Crippen LogP contribution in [0.2, 0.25) is 0 Å². The van der Waals surface area contributed by atoms with Gasteiger partial charge in [-0.2, -0.15) is 5.10 Å². The van der Waals surface area contributed by atoms with E-state index in [-0.39, 0.29) is 0 Å². The minimum atomic E-state index is 1.01. The summed E-state index contributed by atoms with van der Waals surface area (Å²) in [5.41, 5.74) is 4.47. The third kappa shape index (κ3) is 1.63. The Kier molecular flexibility index (Phi) is 2.53. The number of nitrogens with zero attached hydrogens (tertiary/aromatic N) is 3. The second-order valence-electron chi connectivity index (χ2n) is 5.06. The number of hydrogen-bond donors (Lipinski definition) is 0. The van der Waals surface area contributed by atoms with E-state index in [1.54, 1.807) is 22.7 Å². The maximum atomic E-state index is 4.79. The van der Waals surface area contributed by atoms with E-state index in [1.165, 1.54) is 15.4 Å². The highest BCUT2D eigenvalue weighted by molar-refractivity contribution is 7.13. The average molecular weight is 321 g/mol. The van der Waals surface area contributed by atoms with E-state index in [4.69, 9.17) is 5.10 Å². The molecule has 3 nitrogen and oxygen atoms in total. The smallest absolute Gasteiger partial charge is 0.216 e. The van der Waals surface area contributed by atoms with Crippen molar-refractivity contribution in [2.75, 3.05) is 0 Å². The number of fused-ring (bicyclic) bond motifs is 3. The molecule has 4 aromatic heterocycles. The van der Waals surface area contributed by atoms with Crippen molar-refractivity contribution in [3.8, 4) is 21.1 Å². The molecule has 0 fully saturated rings. The van der Waals surface area contributed by atoms with Crippen LogP contribution in [0.25, 0.3) is 32.2 Å². The van der Waals surface area contributed by atoms with E-state index in [9.17, 15) is 0 Å². The van der Waals surface area contributed by atoms with Crippen LogP contribution < -0.4 is 9.73 Å². The summed E-state index contributed by atoms with van der Waals surface area (Å²) in [6, 6.07) is 19.0. The third-order valence-corrected chi connectivity index (χ3v) is 5.55. The van der Waals surface area contributed by atoms with Gasteiger partial charge in [-0.3, -0.25) is 0 Å². The Balaban J connectivity index is 1.96. The fourth-order valence-electron chi connectivity index (χ4n) is 2.81. The van der Waals surface area contributed by atoms with Gasteiger partial charge in [0, 0.05) is 27.7 Å². The Morgan fingerprint density at radius 2 is 1.64 bits per heavy atom. The molecular weight excluding hydrogens is 310 g/mol. The molecule has 1 aromatic carbocycles. The van der Waals surface area contributed by atoms with E-state index in [2.05, 4.69) is 63.8 Å². The summed E-state index contributed by atoms with van der Waals surface area (Å²) in [6.07, 6.45) is 0. The van der Waals surface area contributed by atoms with Gasteiger partial charge in [-0.05, 0) is 22.9 Å². The van der Waals surface area contributed by atoms with Crippen molar-refractivity contribution in [1.29, 1.82) is 0 Å². The van der Waals surface area contributed by atoms with Crippen LogP contribution in [0.3, 0.4) is 0 Å². The lowest BCUT2D eigenvalue weighted by Gasteiger charge is -1.98. The number of hydrogen-bond acceptors (Lipinski definition) is 2. The molecule has 4 heterocycles. The zero-order valence-corrected chi connectivity index (χ0v) is 13.1. The van der Waals surface area contributed by atoms with E-state index < -0.39 is 0 Å². The maximum Gasteiger partial charge on any atom is 0.243 e. The summed E-state index contributed by atoms with van der Waals surface area (Å²) in [5, 5.41) is 9.01. The molecule has 0 bridgehead atoms. The summed E-state index contributed by atoms with van der Waals surface area (Å²) in [6.45, 7) is 0. The van der Waals surface area contributed by atoms with Gasteiger partial charge in [0.15, 0.2) is 0 Å². The molecule has 5 aromatic rings. The minimum absolute atomic E-state index is 1.01. The molecule has 0 spiro atoms. The van der Waals surface area contributed by atoms with Gasteiger partial charge in [-0.25, -0.2) is 4.52 Å². The summed E-state index contributed by atoms with van der Waals surface area (Å²) < 4.78 is 4.22. The van der Waals surface area contributed by atoms with E-state index in [1.807, 2.05) is 10.7 Å². The van der Waals surface area contributed by atoms with Gasteiger partial charge in [-0.15, -0.1) is 27.3 Å². The highest BCUT2D eigenvalue weighted by Crippen LogP contribution is 2.31. The SMILES string of the molecule is c1csc(-c2cc(-c3cccs3)[n+]3[n-]c4ccccc4n23)c1. The minimum Gasteiger partial charge on any atom is -0.216 e. The molecule has 0 atom stereocenters. The molecule has 0 saturated heterocycles. The third-order valence-electron chi connectivity index (χ3n) is 3.77. The van der Waals surface area contributed by atoms with Gasteiger partial charge >= 0.3 is 0 Å². The fourth-order valence-corrected chi connectivity index (χ4v) is 4.26. The molecule has 0 aliphatic heterocycles. The van der Waals surface area contributed by atoms with Crippen molar-refractivity contribution >= 4 is 33.7 Å². The lowest BCUT2D eigenvalue weighted by Crippen LogP contribution is -2.31. The number of benzene rings is 1. The Labute approximate surface area is 134 Å². The van der Waals surface area contributed by atoms with Crippen LogP contribution >= 0.6 is 22.7 Å². The van der Waals surface area contributed by atoms with Crippen LogP contribution in [0.5, 0.6) is 0 Å². The highest BCUT2D eigenvalue weighted by Gasteiger charge is 2.19. The van der Waals surface area contributed by atoms with Crippen molar-refractivity contribution < 1.29 is 4.63 Å². The molecule has 5 heteroatoms. The topological polar surface area (TPSA) is 22.6 Å². The summed E-state index contributed by atoms with van der Waals surface area (Å²) in [5.74, 6) is 0. The first-order valence-corrected chi connectivity index (χ1v) is 8.75. The van der Waals surface area contributed by atoms with Crippen LogP contribution in [0.4, 0.5) is 0 Å². The average Bonchev–Trinajstić information content (AvgIpc) is 3.30. The number of aromatic nitrogens is 3. The largest absolute Gasteiger partial charge is 0.243 e. The Hall–Kier alpha value is -2.37. The fraction of sp³-hybridized carbons (Fsp3) is 0. The van der Waals surface area contributed by atoms with Gasteiger partial charge in [0.1, 0.15) is 4.88 Å². The van der Waals surface area contributed by atoms with Crippen LogP contribution in [-0.4, -0.2) is 4.52 Å². The molecule has 0 saturated carbocycles. The number of para-hydroxylation sites is 1. The lowest BCUT2D eigenvalue weighted by molar-refractivity contribution is -0.662. The van der Waals surface area contributed by atoms with Gasteiger partial charge in [0.2, 0.25) is 5.69 Å². The van der Waals surface area contributed by atoms with Gasteiger partial charge in [0.25, 0.3) is 0 Å². The summed E-state index contributed by atoms with van der Waals surface area (Å²) in [4.78, 5) is 2.48. The van der Waals surface area contributed by atoms with Crippen molar-refractivity contribution in [3.63, 3.8) is 0 Å². The first-order valence-electron chi connectivity index (χ1n) is 6.99. The Morgan fingerprint density at radius 3 is 2.41 bits per heavy atom. The normalized spacial score (nSPS) is 11.6. The Bertz CT molecular complexity index is 1070. The predicted molar refractivity (Wildman–Crippen MR) is 90.5 cm³/mol. The molecule has 0 amide bonds. The highest BCUT2D eigenvalue weighted by atomic mass is 32.1. The Morgan fingerprint density at radius 1 is 0.864 bits per heavy atom. The standard InChI is InChI=1S/C17H11N3S2/c1-2-6-13-12(5-1)18-20-15(17-8-4-10-22-17)11-14(19(13)20)16-7-3-9-21-16/h1-11H. The van der Waals surface area contributed by atoms with Crippen LogP contribution in [-0.2, 0) is 0 Å². The molecular formula is C17H11N3S2. The van der Waals surface area contributed by atoms with Crippen molar-refractivity contribution in [2.45, 2.75) is 0 Å². The maximum absolute atomic E-state index is 4.79. The van der Waals surface area contributed by atoms with Gasteiger partial charge in [-0.1, -0.05) is 36.4 Å². The van der Waals surface area contributed by atoms with Crippen molar-refractivity contribution in [2.24, 2.45) is 0 Å². The zero-order chi connectivity index (χ0) is 14.5. The second-order valence-corrected chi connectivity index (χ2v) is 6.95. The van der Waals surface area contributed by atoms with Crippen LogP contribution in [0.15, 0.2) is 65.4 Å². The summed E-state index contributed by atoms with van der Waals surface area (Å²) in [7, 11) is 0. The van der Waals surface area contributed by atoms with Gasteiger partial charge in [0.05, 0.1) is 0 Å². The lowest BCUT2D eigenvalue weighted by atomic mass is 10.2. The molecule has 0 N–H and O–H groups in total. The van der Waals surface area contributed by atoms with Crippen LogP contribution in [0.1, 0.15) is 0 Å². The van der Waals surface area contributed by atoms with Crippen molar-refractivity contribution in [3.05, 3.63) is 65.4 Å². The molecule has 0 unspecified atom stereocenters. The molecule has 0 aliphatic carbocycles. The molecule has 22 heavy (non-hydrogen) atoms. The van der Waals surface area contributed by atoms with Crippen LogP contribution in [0, 0.1) is 0 Å².